The molecule has 0 bridgehead atoms. The number of nitrogens with zero attached hydrogens (tertiary/aromatic N) is 1. The van der Waals surface area contributed by atoms with Crippen LogP contribution in [0.3, 0.4) is 0 Å². The molecule has 4 rings (SSSR count). The highest BCUT2D eigenvalue weighted by Crippen LogP contribution is 2.41. The van der Waals surface area contributed by atoms with Gasteiger partial charge in [0.25, 0.3) is 5.91 Å². The third-order valence-electron chi connectivity index (χ3n) is 6.47. The van der Waals surface area contributed by atoms with E-state index >= 15 is 0 Å². The molecule has 1 heterocycles. The zero-order valence-corrected chi connectivity index (χ0v) is 15.9. The van der Waals surface area contributed by atoms with Gasteiger partial charge in [0.2, 0.25) is 5.91 Å². The van der Waals surface area contributed by atoms with Crippen LogP contribution in [0.4, 0.5) is 9.18 Å². The smallest absolute Gasteiger partial charge is 0.325 e. The Labute approximate surface area is 163 Å². The van der Waals surface area contributed by atoms with E-state index in [4.69, 9.17) is 0 Å². The molecule has 2 aliphatic carbocycles. The lowest BCUT2D eigenvalue weighted by atomic mass is 9.71. The predicted octanol–water partition coefficient (Wildman–Crippen LogP) is 2.97. The van der Waals surface area contributed by atoms with Crippen LogP contribution in [-0.2, 0) is 15.1 Å². The molecule has 0 radical (unpaired) electrons. The van der Waals surface area contributed by atoms with Crippen molar-refractivity contribution in [1.29, 1.82) is 0 Å². The summed E-state index contributed by atoms with van der Waals surface area (Å²) in [6.07, 6.45) is 6.67. The van der Waals surface area contributed by atoms with E-state index in [9.17, 15) is 18.8 Å². The van der Waals surface area contributed by atoms with Gasteiger partial charge in [0.1, 0.15) is 11.4 Å². The summed E-state index contributed by atoms with van der Waals surface area (Å²) in [5.41, 5.74) is -0.192. The quantitative estimate of drug-likeness (QED) is 0.737. The first-order chi connectivity index (χ1) is 13.4. The van der Waals surface area contributed by atoms with Gasteiger partial charge in [-0.15, -0.1) is 0 Å². The largest absolute Gasteiger partial charge is 0.347 e. The average Bonchev–Trinajstić information content (AvgIpc) is 3.19. The number of rotatable bonds is 6. The molecule has 0 atom stereocenters. The lowest BCUT2D eigenvalue weighted by Crippen LogP contribution is -2.50. The van der Waals surface area contributed by atoms with Gasteiger partial charge in [-0.05, 0) is 56.2 Å². The Morgan fingerprint density at radius 1 is 1.07 bits per heavy atom. The monoisotopic (exact) mass is 387 g/mol. The molecule has 1 saturated heterocycles. The molecule has 0 unspecified atom stereocenters. The number of halogens is 1. The Bertz CT molecular complexity index is 783. The minimum absolute atomic E-state index is 0.105. The molecule has 1 aliphatic heterocycles. The van der Waals surface area contributed by atoms with Crippen molar-refractivity contribution in [3.05, 3.63) is 35.6 Å². The predicted molar refractivity (Wildman–Crippen MR) is 101 cm³/mol. The molecule has 28 heavy (non-hydrogen) atoms. The van der Waals surface area contributed by atoms with Gasteiger partial charge in [0.05, 0.1) is 5.54 Å². The Kier molecular flexibility index (Phi) is 4.85. The summed E-state index contributed by atoms with van der Waals surface area (Å²) in [6.45, 7) is 0.253. The van der Waals surface area contributed by atoms with Crippen LogP contribution in [0.2, 0.25) is 0 Å². The minimum Gasteiger partial charge on any atom is -0.347 e. The number of carbonyl (C=O) groups is 3. The van der Waals surface area contributed by atoms with Crippen LogP contribution in [-0.4, -0.2) is 34.8 Å². The zero-order chi connectivity index (χ0) is 19.8. The van der Waals surface area contributed by atoms with Crippen LogP contribution in [0.25, 0.3) is 0 Å². The Balaban J connectivity index is 1.30. The van der Waals surface area contributed by atoms with Crippen LogP contribution in [0.5, 0.6) is 0 Å². The number of carbonyl (C=O) groups excluding carboxylic acids is 3. The first-order valence-corrected chi connectivity index (χ1v) is 10.2. The number of amides is 4. The van der Waals surface area contributed by atoms with Gasteiger partial charge in [-0.25, -0.2) is 9.18 Å². The fourth-order valence-corrected chi connectivity index (χ4v) is 4.71. The van der Waals surface area contributed by atoms with Crippen LogP contribution >= 0.6 is 0 Å². The van der Waals surface area contributed by atoms with Crippen LogP contribution < -0.4 is 10.6 Å². The number of imide groups is 1. The maximum Gasteiger partial charge on any atom is 0.325 e. The SMILES string of the molecule is O=C(CCCN1C(=O)NC2(CCCC2)C1=O)NC1(c2ccc(F)cc2)CCC1. The van der Waals surface area contributed by atoms with E-state index in [-0.39, 0.29) is 36.6 Å². The maximum absolute atomic E-state index is 13.2. The molecular formula is C21H26FN3O3. The summed E-state index contributed by atoms with van der Waals surface area (Å²) in [5.74, 6) is -0.540. The number of urea groups is 1. The highest BCUT2D eigenvalue weighted by molar-refractivity contribution is 6.07. The molecule has 0 aromatic heterocycles. The summed E-state index contributed by atoms with van der Waals surface area (Å²) >= 11 is 0. The minimum atomic E-state index is -0.697. The van der Waals surface area contributed by atoms with Crippen molar-refractivity contribution in [3.8, 4) is 0 Å². The van der Waals surface area contributed by atoms with Gasteiger partial charge >= 0.3 is 6.03 Å². The fourth-order valence-electron chi connectivity index (χ4n) is 4.71. The maximum atomic E-state index is 13.2. The first kappa shape index (κ1) is 18.9. The molecule has 3 fully saturated rings. The summed E-state index contributed by atoms with van der Waals surface area (Å²) in [7, 11) is 0. The third kappa shape index (κ3) is 3.27. The van der Waals surface area contributed by atoms with Crippen molar-refractivity contribution >= 4 is 17.8 Å². The van der Waals surface area contributed by atoms with Gasteiger partial charge in [-0.2, -0.15) is 0 Å². The lowest BCUT2D eigenvalue weighted by molar-refractivity contribution is -0.131. The molecule has 2 N–H and O–H groups in total. The van der Waals surface area contributed by atoms with E-state index in [0.29, 0.717) is 19.3 Å². The van der Waals surface area contributed by atoms with E-state index in [1.54, 1.807) is 12.1 Å². The zero-order valence-electron chi connectivity index (χ0n) is 15.9. The van der Waals surface area contributed by atoms with Crippen molar-refractivity contribution < 1.29 is 18.8 Å². The molecule has 6 nitrogen and oxygen atoms in total. The average molecular weight is 387 g/mol. The second-order valence-electron chi connectivity index (χ2n) is 8.27. The van der Waals surface area contributed by atoms with Crippen molar-refractivity contribution in [2.45, 2.75) is 68.9 Å². The molecule has 1 aromatic rings. The number of hydrogen-bond donors (Lipinski definition) is 2. The van der Waals surface area contributed by atoms with E-state index in [2.05, 4.69) is 10.6 Å². The van der Waals surface area contributed by atoms with Gasteiger partial charge in [0, 0.05) is 13.0 Å². The van der Waals surface area contributed by atoms with E-state index in [0.717, 1.165) is 37.7 Å². The van der Waals surface area contributed by atoms with Crippen molar-refractivity contribution in [1.82, 2.24) is 15.5 Å². The molecule has 2 saturated carbocycles. The Morgan fingerprint density at radius 2 is 1.75 bits per heavy atom. The summed E-state index contributed by atoms with van der Waals surface area (Å²) < 4.78 is 13.2. The second-order valence-corrected chi connectivity index (χ2v) is 8.27. The third-order valence-corrected chi connectivity index (χ3v) is 6.47. The van der Waals surface area contributed by atoms with Gasteiger partial charge in [-0.3, -0.25) is 14.5 Å². The van der Waals surface area contributed by atoms with Crippen molar-refractivity contribution in [3.63, 3.8) is 0 Å². The fraction of sp³-hybridized carbons (Fsp3) is 0.571. The van der Waals surface area contributed by atoms with Gasteiger partial charge < -0.3 is 10.6 Å². The molecule has 150 valence electrons. The first-order valence-electron chi connectivity index (χ1n) is 10.2. The van der Waals surface area contributed by atoms with Crippen molar-refractivity contribution in [2.75, 3.05) is 6.54 Å². The van der Waals surface area contributed by atoms with Crippen LogP contribution in [0, 0.1) is 5.82 Å². The summed E-state index contributed by atoms with van der Waals surface area (Å²) in [5, 5.41) is 5.95. The number of benzene rings is 1. The lowest BCUT2D eigenvalue weighted by Gasteiger charge is -2.43. The van der Waals surface area contributed by atoms with Crippen LogP contribution in [0.1, 0.15) is 63.4 Å². The standard InChI is InChI=1S/C21H26FN3O3/c22-16-8-6-15(7-9-16)20(12-4-13-20)23-17(26)5-3-14-25-18(27)21(24-19(25)28)10-1-2-11-21/h6-9H,1-5,10-14H2,(H,23,26)(H,24,28). The Morgan fingerprint density at radius 3 is 2.36 bits per heavy atom. The van der Waals surface area contributed by atoms with E-state index in [1.807, 2.05) is 0 Å². The number of hydrogen-bond acceptors (Lipinski definition) is 3. The Hall–Kier alpha value is -2.44. The molecule has 4 amide bonds. The molecule has 7 heteroatoms. The van der Waals surface area contributed by atoms with E-state index < -0.39 is 11.1 Å². The highest BCUT2D eigenvalue weighted by atomic mass is 19.1. The van der Waals surface area contributed by atoms with Gasteiger partial charge in [0.15, 0.2) is 0 Å². The second kappa shape index (κ2) is 7.18. The van der Waals surface area contributed by atoms with Gasteiger partial charge in [-0.1, -0.05) is 25.0 Å². The number of nitrogens with one attached hydrogen (secondary N) is 2. The summed E-state index contributed by atoms with van der Waals surface area (Å²) in [4.78, 5) is 38.6. The molecule has 3 aliphatic rings. The molecule has 1 spiro atoms. The highest BCUT2D eigenvalue weighted by Gasteiger charge is 2.52. The normalized spacial score (nSPS) is 22.2. The van der Waals surface area contributed by atoms with E-state index in [1.165, 1.54) is 17.0 Å². The van der Waals surface area contributed by atoms with Crippen LogP contribution in [0.15, 0.2) is 24.3 Å². The molecule has 1 aromatic carbocycles. The van der Waals surface area contributed by atoms with Crippen molar-refractivity contribution in [2.24, 2.45) is 0 Å². The summed E-state index contributed by atoms with van der Waals surface area (Å²) in [6, 6.07) is 5.94. The topological polar surface area (TPSA) is 78.5 Å². The molecular weight excluding hydrogens is 361 g/mol.